The maximum atomic E-state index is 12.1. The predicted molar refractivity (Wildman–Crippen MR) is 97.1 cm³/mol. The molecular formula is C19H22N4O. The minimum atomic E-state index is -0.110. The molecule has 0 bridgehead atoms. The molecule has 0 atom stereocenters. The van der Waals surface area contributed by atoms with Gasteiger partial charge >= 0.3 is 0 Å². The lowest BCUT2D eigenvalue weighted by Crippen LogP contribution is -2.24. The van der Waals surface area contributed by atoms with E-state index in [9.17, 15) is 4.79 Å². The van der Waals surface area contributed by atoms with Gasteiger partial charge in [-0.3, -0.25) is 10.2 Å². The van der Waals surface area contributed by atoms with Crippen LogP contribution in [0.1, 0.15) is 40.4 Å². The zero-order chi connectivity index (χ0) is 17.5. The van der Waals surface area contributed by atoms with Gasteiger partial charge in [0.05, 0.1) is 0 Å². The van der Waals surface area contributed by atoms with Gasteiger partial charge in [-0.2, -0.15) is 0 Å². The van der Waals surface area contributed by atoms with Crippen LogP contribution in [0.25, 0.3) is 0 Å². The molecule has 0 fully saturated rings. The molecule has 5 N–H and O–H groups in total. The van der Waals surface area contributed by atoms with Gasteiger partial charge in [0.1, 0.15) is 5.84 Å². The third-order valence-corrected chi connectivity index (χ3v) is 3.75. The first-order chi connectivity index (χ1) is 11.5. The fraction of sp³-hybridized carbons (Fsp3) is 0.211. The summed E-state index contributed by atoms with van der Waals surface area (Å²) in [6.07, 6.45) is 1.62. The number of carbonyl (C=O) groups is 1. The SMILES string of the molecule is CC(=N)c1ccc(C(=O)NCCCc2cccc(C(=N)N)c2)cc1. The normalized spacial score (nSPS) is 10.2. The van der Waals surface area contributed by atoms with Crippen molar-refractivity contribution in [3.63, 3.8) is 0 Å². The molecule has 0 aliphatic rings. The molecule has 0 aromatic heterocycles. The Hall–Kier alpha value is -2.95. The molecule has 2 aromatic rings. The van der Waals surface area contributed by atoms with Crippen LogP contribution < -0.4 is 11.1 Å². The van der Waals surface area contributed by atoms with E-state index in [4.69, 9.17) is 16.6 Å². The van der Waals surface area contributed by atoms with Crippen LogP contribution in [0.5, 0.6) is 0 Å². The lowest BCUT2D eigenvalue weighted by molar-refractivity contribution is 0.0953. The number of amidine groups is 1. The van der Waals surface area contributed by atoms with Gasteiger partial charge in [0.25, 0.3) is 5.91 Å². The van der Waals surface area contributed by atoms with Crippen molar-refractivity contribution in [2.24, 2.45) is 5.73 Å². The molecule has 0 heterocycles. The largest absolute Gasteiger partial charge is 0.384 e. The van der Waals surface area contributed by atoms with Crippen LogP contribution in [0.2, 0.25) is 0 Å². The average Bonchev–Trinajstić information content (AvgIpc) is 2.59. The highest BCUT2D eigenvalue weighted by Crippen LogP contribution is 2.08. The van der Waals surface area contributed by atoms with E-state index in [1.165, 1.54) is 0 Å². The standard InChI is InChI=1S/C19H22N4O/c1-13(20)15-7-9-16(10-8-15)19(24)23-11-3-5-14-4-2-6-17(12-14)18(21)22/h2,4,6-10,12,20H,3,5,11H2,1H3,(H3,21,22)(H,23,24). The van der Waals surface area contributed by atoms with E-state index >= 15 is 0 Å². The minimum absolute atomic E-state index is 0.0637. The first-order valence-electron chi connectivity index (χ1n) is 7.84. The third-order valence-electron chi connectivity index (χ3n) is 3.75. The third kappa shape index (κ3) is 4.78. The summed E-state index contributed by atoms with van der Waals surface area (Å²) in [6.45, 7) is 2.30. The smallest absolute Gasteiger partial charge is 0.251 e. The van der Waals surface area contributed by atoms with E-state index in [0.717, 1.165) is 29.5 Å². The Bertz CT molecular complexity index is 750. The Kier molecular flexibility index (Phi) is 5.84. The summed E-state index contributed by atoms with van der Waals surface area (Å²) in [5.41, 5.74) is 9.20. The number of nitrogens with two attached hydrogens (primary N) is 1. The summed E-state index contributed by atoms with van der Waals surface area (Å²) >= 11 is 0. The van der Waals surface area contributed by atoms with Crippen LogP contribution in [-0.4, -0.2) is 24.0 Å². The van der Waals surface area contributed by atoms with E-state index < -0.39 is 0 Å². The second kappa shape index (κ2) is 8.06. The average molecular weight is 322 g/mol. The molecule has 1 amide bonds. The highest BCUT2D eigenvalue weighted by Gasteiger charge is 2.05. The van der Waals surface area contributed by atoms with Crippen molar-refractivity contribution in [1.29, 1.82) is 10.8 Å². The van der Waals surface area contributed by atoms with Gasteiger partial charge in [-0.05, 0) is 49.1 Å². The molecule has 0 spiro atoms. The molecule has 2 rings (SSSR count). The summed E-state index contributed by atoms with van der Waals surface area (Å²) in [4.78, 5) is 12.1. The number of aryl methyl sites for hydroxylation is 1. The van der Waals surface area contributed by atoms with Crippen molar-refractivity contribution in [3.8, 4) is 0 Å². The number of amides is 1. The van der Waals surface area contributed by atoms with Gasteiger partial charge in [-0.15, -0.1) is 0 Å². The van der Waals surface area contributed by atoms with Crippen molar-refractivity contribution in [2.75, 3.05) is 6.54 Å². The Morgan fingerprint density at radius 2 is 1.71 bits per heavy atom. The van der Waals surface area contributed by atoms with Gasteiger partial charge in [-0.1, -0.05) is 30.3 Å². The van der Waals surface area contributed by atoms with E-state index in [2.05, 4.69) is 5.32 Å². The highest BCUT2D eigenvalue weighted by atomic mass is 16.1. The lowest BCUT2D eigenvalue weighted by atomic mass is 10.1. The number of carbonyl (C=O) groups excluding carboxylic acids is 1. The molecule has 2 aromatic carbocycles. The van der Waals surface area contributed by atoms with Crippen LogP contribution in [0, 0.1) is 10.8 Å². The molecule has 0 unspecified atom stereocenters. The predicted octanol–water partition coefficient (Wildman–Crippen LogP) is 2.72. The topological polar surface area (TPSA) is 103 Å². The molecule has 0 saturated carbocycles. The van der Waals surface area contributed by atoms with Crippen LogP contribution in [0.4, 0.5) is 0 Å². The lowest BCUT2D eigenvalue weighted by Gasteiger charge is -2.07. The number of nitrogen functional groups attached to an aromatic ring is 1. The number of rotatable bonds is 7. The highest BCUT2D eigenvalue weighted by molar-refractivity contribution is 5.98. The fourth-order valence-electron chi connectivity index (χ4n) is 2.36. The molecule has 0 saturated heterocycles. The molecule has 0 radical (unpaired) electrons. The van der Waals surface area contributed by atoms with Crippen molar-refractivity contribution in [1.82, 2.24) is 5.32 Å². The van der Waals surface area contributed by atoms with Crippen molar-refractivity contribution in [3.05, 3.63) is 70.8 Å². The Labute approximate surface area is 141 Å². The number of nitrogens with one attached hydrogen (secondary N) is 3. The summed E-state index contributed by atoms with van der Waals surface area (Å²) in [5.74, 6) is -0.0459. The van der Waals surface area contributed by atoms with Crippen molar-refractivity contribution < 1.29 is 4.79 Å². The van der Waals surface area contributed by atoms with Gasteiger partial charge in [0, 0.05) is 23.4 Å². The second-order valence-electron chi connectivity index (χ2n) is 5.68. The molecule has 5 nitrogen and oxygen atoms in total. The van der Waals surface area contributed by atoms with Crippen LogP contribution in [0.3, 0.4) is 0 Å². The summed E-state index contributed by atoms with van der Waals surface area (Å²) in [5, 5.41) is 17.9. The van der Waals surface area contributed by atoms with E-state index in [1.807, 2.05) is 24.3 Å². The molecule has 24 heavy (non-hydrogen) atoms. The summed E-state index contributed by atoms with van der Waals surface area (Å²) < 4.78 is 0. The zero-order valence-electron chi connectivity index (χ0n) is 13.7. The number of benzene rings is 2. The molecule has 0 aliphatic carbocycles. The molecule has 5 heteroatoms. The van der Waals surface area contributed by atoms with Crippen molar-refractivity contribution >= 4 is 17.5 Å². The van der Waals surface area contributed by atoms with Gasteiger partial charge in [0.2, 0.25) is 0 Å². The molecule has 124 valence electrons. The van der Waals surface area contributed by atoms with Crippen LogP contribution in [0.15, 0.2) is 48.5 Å². The molecule has 0 aliphatic heterocycles. The first-order valence-corrected chi connectivity index (χ1v) is 7.84. The van der Waals surface area contributed by atoms with Crippen LogP contribution >= 0.6 is 0 Å². The van der Waals surface area contributed by atoms with E-state index in [-0.39, 0.29) is 11.7 Å². The van der Waals surface area contributed by atoms with Gasteiger partial charge in [0.15, 0.2) is 0 Å². The fourth-order valence-corrected chi connectivity index (χ4v) is 2.36. The number of hydrogen-bond acceptors (Lipinski definition) is 3. The Morgan fingerprint density at radius 3 is 2.33 bits per heavy atom. The zero-order valence-corrected chi connectivity index (χ0v) is 13.7. The number of hydrogen-bond donors (Lipinski definition) is 4. The Morgan fingerprint density at radius 1 is 1.04 bits per heavy atom. The van der Waals surface area contributed by atoms with Crippen molar-refractivity contribution in [2.45, 2.75) is 19.8 Å². The quantitative estimate of drug-likeness (QED) is 0.358. The van der Waals surface area contributed by atoms with E-state index in [0.29, 0.717) is 17.8 Å². The minimum Gasteiger partial charge on any atom is -0.384 e. The first kappa shape index (κ1) is 17.4. The van der Waals surface area contributed by atoms with Gasteiger partial charge < -0.3 is 16.5 Å². The molecular weight excluding hydrogens is 300 g/mol. The van der Waals surface area contributed by atoms with E-state index in [1.54, 1.807) is 31.2 Å². The second-order valence-corrected chi connectivity index (χ2v) is 5.68. The van der Waals surface area contributed by atoms with Gasteiger partial charge in [-0.25, -0.2) is 0 Å². The van der Waals surface area contributed by atoms with Crippen LogP contribution in [-0.2, 0) is 6.42 Å². The summed E-state index contributed by atoms with van der Waals surface area (Å²) in [7, 11) is 0. The Balaban J connectivity index is 1.81. The maximum absolute atomic E-state index is 12.1. The summed E-state index contributed by atoms with van der Waals surface area (Å²) in [6, 6.07) is 14.6. The maximum Gasteiger partial charge on any atom is 0.251 e. The monoisotopic (exact) mass is 322 g/mol.